The molecule has 4 N–H and O–H groups in total. The highest BCUT2D eigenvalue weighted by molar-refractivity contribution is 5.85. The van der Waals surface area contributed by atoms with E-state index in [4.69, 9.17) is 16.2 Å². The first kappa shape index (κ1) is 15.9. The van der Waals surface area contributed by atoms with Crippen LogP contribution in [0.2, 0.25) is 0 Å². The number of ether oxygens (including phenoxy) is 1. The lowest BCUT2D eigenvalue weighted by Crippen LogP contribution is -2.12. The van der Waals surface area contributed by atoms with E-state index in [2.05, 4.69) is 0 Å². The summed E-state index contributed by atoms with van der Waals surface area (Å²) in [5.74, 6) is 0.224. The van der Waals surface area contributed by atoms with Crippen LogP contribution < -0.4 is 16.2 Å². The Hall–Kier alpha value is -1.10. The highest BCUT2D eigenvalue weighted by Crippen LogP contribution is 2.19. The molecule has 0 aliphatic carbocycles. The van der Waals surface area contributed by atoms with Gasteiger partial charge in [-0.1, -0.05) is 12.1 Å². The molecular formula is C12H19ClN2O2. The summed E-state index contributed by atoms with van der Waals surface area (Å²) in [6.45, 7) is 2.03. The molecule has 0 fully saturated rings. The summed E-state index contributed by atoms with van der Waals surface area (Å²) >= 11 is 0. The molecule has 1 rings (SSSR count). The fourth-order valence-electron chi connectivity index (χ4n) is 1.45. The first-order chi connectivity index (χ1) is 7.63. The number of hydrogen-bond acceptors (Lipinski definition) is 4. The van der Waals surface area contributed by atoms with Gasteiger partial charge in [-0.3, -0.25) is 4.79 Å². The summed E-state index contributed by atoms with van der Waals surface area (Å²) in [6, 6.07) is 7.24. The molecular weight excluding hydrogens is 240 g/mol. The van der Waals surface area contributed by atoms with Crippen LogP contribution in [0.25, 0.3) is 0 Å². The smallest absolute Gasteiger partial charge is 0.308 e. The minimum Gasteiger partial charge on any atom is -0.427 e. The van der Waals surface area contributed by atoms with Crippen LogP contribution in [0.3, 0.4) is 0 Å². The number of hydrogen-bond donors (Lipinski definition) is 2. The average Bonchev–Trinajstić information content (AvgIpc) is 2.26. The first-order valence-corrected chi connectivity index (χ1v) is 5.37. The number of nitrogens with two attached hydrogens (primary N) is 2. The third kappa shape index (κ3) is 5.68. The third-order valence-corrected chi connectivity index (χ3v) is 2.29. The monoisotopic (exact) mass is 258 g/mol. The Morgan fingerprint density at radius 3 is 2.41 bits per heavy atom. The zero-order valence-electron chi connectivity index (χ0n) is 9.89. The van der Waals surface area contributed by atoms with Crippen LogP contribution in [-0.4, -0.2) is 12.5 Å². The number of carbonyl (C=O) groups is 1. The van der Waals surface area contributed by atoms with Gasteiger partial charge < -0.3 is 16.2 Å². The summed E-state index contributed by atoms with van der Waals surface area (Å²) in [5.41, 5.74) is 12.4. The summed E-state index contributed by atoms with van der Waals surface area (Å²) < 4.78 is 4.93. The number of rotatable bonds is 5. The van der Waals surface area contributed by atoms with Crippen molar-refractivity contribution in [1.29, 1.82) is 0 Å². The second-order valence-corrected chi connectivity index (χ2v) is 3.70. The Balaban J connectivity index is 0.00000256. The molecule has 0 saturated carbocycles. The van der Waals surface area contributed by atoms with Crippen LogP contribution in [0.5, 0.6) is 5.75 Å². The lowest BCUT2D eigenvalue weighted by Gasteiger charge is -2.11. The maximum absolute atomic E-state index is 10.7. The van der Waals surface area contributed by atoms with Gasteiger partial charge in [0.15, 0.2) is 0 Å². The Morgan fingerprint density at radius 2 is 1.94 bits per heavy atom. The molecule has 0 aromatic heterocycles. The van der Waals surface area contributed by atoms with Crippen molar-refractivity contribution in [3.8, 4) is 5.75 Å². The molecule has 4 nitrogen and oxygen atoms in total. The topological polar surface area (TPSA) is 78.3 Å². The molecule has 0 heterocycles. The molecule has 0 unspecified atom stereocenters. The van der Waals surface area contributed by atoms with E-state index < -0.39 is 0 Å². The van der Waals surface area contributed by atoms with E-state index in [9.17, 15) is 4.79 Å². The fourth-order valence-corrected chi connectivity index (χ4v) is 1.45. The molecule has 0 spiro atoms. The molecule has 1 aromatic carbocycles. The number of carbonyl (C=O) groups excluding carboxylic acids is 1. The maximum atomic E-state index is 10.7. The molecule has 0 aliphatic heterocycles. The number of halogens is 1. The molecule has 1 atom stereocenters. The zero-order chi connectivity index (χ0) is 12.0. The summed E-state index contributed by atoms with van der Waals surface area (Å²) in [5, 5.41) is 0. The molecule has 96 valence electrons. The maximum Gasteiger partial charge on any atom is 0.308 e. The Bertz CT molecular complexity index is 341. The van der Waals surface area contributed by atoms with Crippen molar-refractivity contribution in [3.63, 3.8) is 0 Å². The molecule has 17 heavy (non-hydrogen) atoms. The molecule has 5 heteroatoms. The van der Waals surface area contributed by atoms with E-state index in [1.165, 1.54) is 6.92 Å². The second kappa shape index (κ2) is 8.06. The Labute approximate surface area is 108 Å². The second-order valence-electron chi connectivity index (χ2n) is 3.70. The van der Waals surface area contributed by atoms with Gasteiger partial charge in [-0.15, -0.1) is 12.4 Å². The summed E-state index contributed by atoms with van der Waals surface area (Å²) in [6.07, 6.45) is 1.77. The molecule has 1 aromatic rings. The van der Waals surface area contributed by atoms with Gasteiger partial charge in [-0.2, -0.15) is 0 Å². The van der Waals surface area contributed by atoms with E-state index in [0.29, 0.717) is 12.3 Å². The van der Waals surface area contributed by atoms with E-state index in [0.717, 1.165) is 18.4 Å². The largest absolute Gasteiger partial charge is 0.427 e. The van der Waals surface area contributed by atoms with E-state index >= 15 is 0 Å². The van der Waals surface area contributed by atoms with Crippen LogP contribution in [0.4, 0.5) is 0 Å². The molecule has 0 bridgehead atoms. The van der Waals surface area contributed by atoms with Gasteiger partial charge >= 0.3 is 5.97 Å². The van der Waals surface area contributed by atoms with Gasteiger partial charge in [0, 0.05) is 13.0 Å². The van der Waals surface area contributed by atoms with Crippen molar-refractivity contribution < 1.29 is 9.53 Å². The van der Waals surface area contributed by atoms with E-state index in [1.807, 2.05) is 12.1 Å². The summed E-state index contributed by atoms with van der Waals surface area (Å²) in [7, 11) is 0. The minimum absolute atomic E-state index is 0. The van der Waals surface area contributed by atoms with Gasteiger partial charge in [0.2, 0.25) is 0 Å². The normalized spacial score (nSPS) is 11.5. The Morgan fingerprint density at radius 1 is 1.35 bits per heavy atom. The highest BCUT2D eigenvalue weighted by Gasteiger charge is 2.05. The van der Waals surface area contributed by atoms with Crippen LogP contribution in [-0.2, 0) is 4.79 Å². The first-order valence-electron chi connectivity index (χ1n) is 5.37. The number of esters is 1. The van der Waals surface area contributed by atoms with Crippen LogP contribution in [0.1, 0.15) is 31.4 Å². The number of benzene rings is 1. The summed E-state index contributed by atoms with van der Waals surface area (Å²) in [4.78, 5) is 10.7. The van der Waals surface area contributed by atoms with Crippen molar-refractivity contribution in [2.75, 3.05) is 6.54 Å². The molecule has 0 radical (unpaired) electrons. The van der Waals surface area contributed by atoms with Crippen LogP contribution in [0.15, 0.2) is 24.3 Å². The molecule has 0 saturated heterocycles. The quantitative estimate of drug-likeness (QED) is 0.623. The van der Waals surface area contributed by atoms with Gasteiger partial charge in [0.05, 0.1) is 0 Å². The standard InChI is InChI=1S/C12H18N2O2.ClH/c1-9(15)16-11-6-4-10(5-7-11)12(14)3-2-8-13;/h4-7,12H,2-3,8,13-14H2,1H3;1H/t12-;/m1./s1. The van der Waals surface area contributed by atoms with Crippen molar-refractivity contribution >= 4 is 18.4 Å². The Kier molecular flexibility index (Phi) is 7.54. The van der Waals surface area contributed by atoms with Crippen LogP contribution in [0, 0.1) is 0 Å². The van der Waals surface area contributed by atoms with Gasteiger partial charge in [0.25, 0.3) is 0 Å². The predicted octanol–water partition coefficient (Wildman–Crippen LogP) is 1.77. The fraction of sp³-hybridized carbons (Fsp3) is 0.417. The molecule has 0 amide bonds. The SMILES string of the molecule is CC(=O)Oc1ccc([C@H](N)CCCN)cc1.Cl. The van der Waals surface area contributed by atoms with Crippen molar-refractivity contribution in [2.24, 2.45) is 11.5 Å². The lowest BCUT2D eigenvalue weighted by molar-refractivity contribution is -0.131. The van der Waals surface area contributed by atoms with E-state index in [1.54, 1.807) is 12.1 Å². The highest BCUT2D eigenvalue weighted by atomic mass is 35.5. The van der Waals surface area contributed by atoms with Crippen molar-refractivity contribution in [3.05, 3.63) is 29.8 Å². The van der Waals surface area contributed by atoms with Crippen molar-refractivity contribution in [2.45, 2.75) is 25.8 Å². The van der Waals surface area contributed by atoms with E-state index in [-0.39, 0.29) is 24.4 Å². The van der Waals surface area contributed by atoms with Crippen LogP contribution >= 0.6 is 12.4 Å². The van der Waals surface area contributed by atoms with Gasteiger partial charge in [-0.25, -0.2) is 0 Å². The van der Waals surface area contributed by atoms with Gasteiger partial charge in [0.1, 0.15) is 5.75 Å². The average molecular weight is 259 g/mol. The van der Waals surface area contributed by atoms with Gasteiger partial charge in [-0.05, 0) is 37.1 Å². The van der Waals surface area contributed by atoms with Crippen molar-refractivity contribution in [1.82, 2.24) is 0 Å². The zero-order valence-corrected chi connectivity index (χ0v) is 10.7. The lowest BCUT2D eigenvalue weighted by atomic mass is 10.0. The third-order valence-electron chi connectivity index (χ3n) is 2.29. The molecule has 0 aliphatic rings. The predicted molar refractivity (Wildman–Crippen MR) is 70.2 cm³/mol. The minimum atomic E-state index is -0.319.